The molecule has 1 saturated heterocycles. The number of rotatable bonds is 2. The summed E-state index contributed by atoms with van der Waals surface area (Å²) in [4.78, 5) is 12.3. The predicted molar refractivity (Wildman–Crippen MR) is 82.4 cm³/mol. The Bertz CT molecular complexity index is 507. The Morgan fingerprint density at radius 3 is 2.75 bits per heavy atom. The van der Waals surface area contributed by atoms with Crippen molar-refractivity contribution in [2.45, 2.75) is 44.2 Å². The normalized spacial score (nSPS) is 29.0. The van der Waals surface area contributed by atoms with Crippen LogP contribution in [-0.4, -0.2) is 18.0 Å². The number of carbonyl (C=O) groups is 1. The van der Waals surface area contributed by atoms with E-state index < -0.39 is 0 Å². The first-order valence-corrected chi connectivity index (χ1v) is 7.91. The molecule has 5 heteroatoms. The van der Waals surface area contributed by atoms with Gasteiger partial charge in [0, 0.05) is 11.7 Å². The molecule has 0 spiro atoms. The van der Waals surface area contributed by atoms with Gasteiger partial charge in [-0.15, -0.1) is 0 Å². The summed E-state index contributed by atoms with van der Waals surface area (Å²) in [6.07, 6.45) is 5.95. The molecule has 1 aliphatic heterocycles. The maximum Gasteiger partial charge on any atom is 0.241 e. The van der Waals surface area contributed by atoms with Gasteiger partial charge in [-0.25, -0.2) is 0 Å². The average molecular weight is 313 g/mol. The minimum Gasteiger partial charge on any atom is -0.325 e. The number of carbonyl (C=O) groups excluding carboxylic acids is 1. The standard InChI is InChI=1S/C15H18Cl2N2O/c16-11-6-5-10(8-12(11)17)18-15(20)14-7-9-3-1-2-4-13(9)19-14/h5-6,8-9,13-14,19H,1-4,7H2,(H,18,20). The van der Waals surface area contributed by atoms with Gasteiger partial charge < -0.3 is 10.6 Å². The summed E-state index contributed by atoms with van der Waals surface area (Å²) in [5.74, 6) is 0.686. The van der Waals surface area contributed by atoms with Crippen molar-refractivity contribution in [3.63, 3.8) is 0 Å². The number of hydrogen-bond acceptors (Lipinski definition) is 2. The summed E-state index contributed by atoms with van der Waals surface area (Å²) < 4.78 is 0. The topological polar surface area (TPSA) is 41.1 Å². The van der Waals surface area contributed by atoms with E-state index in [0.29, 0.717) is 27.7 Å². The second-order valence-corrected chi connectivity index (χ2v) is 6.54. The Kier molecular flexibility index (Phi) is 4.20. The van der Waals surface area contributed by atoms with Crippen LogP contribution < -0.4 is 10.6 Å². The van der Waals surface area contributed by atoms with Crippen LogP contribution in [0.25, 0.3) is 0 Å². The molecule has 3 rings (SSSR count). The summed E-state index contributed by atoms with van der Waals surface area (Å²) in [6.45, 7) is 0. The highest BCUT2D eigenvalue weighted by Crippen LogP contribution is 2.33. The zero-order valence-electron chi connectivity index (χ0n) is 11.2. The van der Waals surface area contributed by atoms with Crippen molar-refractivity contribution in [1.29, 1.82) is 0 Å². The molecule has 1 aromatic carbocycles. The van der Waals surface area contributed by atoms with E-state index in [1.54, 1.807) is 18.2 Å². The molecule has 0 bridgehead atoms. The molecule has 3 atom stereocenters. The Morgan fingerprint density at radius 1 is 1.20 bits per heavy atom. The monoisotopic (exact) mass is 312 g/mol. The second-order valence-electron chi connectivity index (χ2n) is 5.72. The van der Waals surface area contributed by atoms with Crippen LogP contribution in [0.1, 0.15) is 32.1 Å². The Hall–Kier alpha value is -0.770. The van der Waals surface area contributed by atoms with Crippen LogP contribution in [0.5, 0.6) is 0 Å². The van der Waals surface area contributed by atoms with E-state index in [4.69, 9.17) is 23.2 Å². The van der Waals surface area contributed by atoms with E-state index in [-0.39, 0.29) is 11.9 Å². The Morgan fingerprint density at radius 2 is 2.00 bits per heavy atom. The lowest BCUT2D eigenvalue weighted by molar-refractivity contribution is -0.117. The number of anilines is 1. The number of fused-ring (bicyclic) bond motifs is 1. The first kappa shape index (κ1) is 14.2. The first-order valence-electron chi connectivity index (χ1n) is 7.15. The molecule has 1 saturated carbocycles. The molecule has 1 aromatic rings. The molecule has 1 heterocycles. The minimum absolute atomic E-state index is 0.0257. The van der Waals surface area contributed by atoms with Crippen LogP contribution >= 0.6 is 23.2 Å². The maximum atomic E-state index is 12.3. The van der Waals surface area contributed by atoms with Crippen molar-refractivity contribution in [3.8, 4) is 0 Å². The van der Waals surface area contributed by atoms with E-state index in [9.17, 15) is 4.79 Å². The van der Waals surface area contributed by atoms with Gasteiger partial charge in [0.2, 0.25) is 5.91 Å². The van der Waals surface area contributed by atoms with E-state index in [0.717, 1.165) is 6.42 Å². The fourth-order valence-corrected chi connectivity index (χ4v) is 3.62. The van der Waals surface area contributed by atoms with Gasteiger partial charge in [-0.1, -0.05) is 36.0 Å². The van der Waals surface area contributed by atoms with Crippen LogP contribution in [0.3, 0.4) is 0 Å². The molecule has 0 radical (unpaired) electrons. The fourth-order valence-electron chi connectivity index (χ4n) is 3.32. The van der Waals surface area contributed by atoms with Crippen LogP contribution in [-0.2, 0) is 4.79 Å². The van der Waals surface area contributed by atoms with Gasteiger partial charge in [0.1, 0.15) is 0 Å². The SMILES string of the molecule is O=C(Nc1ccc(Cl)c(Cl)c1)C1CC2CCCCC2N1. The van der Waals surface area contributed by atoms with Crippen molar-refractivity contribution in [3.05, 3.63) is 28.2 Å². The van der Waals surface area contributed by atoms with Gasteiger partial charge in [-0.3, -0.25) is 4.79 Å². The Balaban J connectivity index is 1.63. The molecule has 3 nitrogen and oxygen atoms in total. The lowest BCUT2D eigenvalue weighted by Crippen LogP contribution is -2.39. The highest BCUT2D eigenvalue weighted by atomic mass is 35.5. The van der Waals surface area contributed by atoms with Crippen LogP contribution in [0, 0.1) is 5.92 Å². The van der Waals surface area contributed by atoms with Crippen molar-refractivity contribution in [2.24, 2.45) is 5.92 Å². The highest BCUT2D eigenvalue weighted by molar-refractivity contribution is 6.42. The summed E-state index contributed by atoms with van der Waals surface area (Å²) >= 11 is 11.8. The zero-order valence-corrected chi connectivity index (χ0v) is 12.7. The summed E-state index contributed by atoms with van der Waals surface area (Å²) in [5.41, 5.74) is 0.695. The molecule has 2 N–H and O–H groups in total. The molecule has 1 amide bonds. The van der Waals surface area contributed by atoms with Crippen molar-refractivity contribution >= 4 is 34.8 Å². The fraction of sp³-hybridized carbons (Fsp3) is 0.533. The number of hydrogen-bond donors (Lipinski definition) is 2. The van der Waals surface area contributed by atoms with Crippen LogP contribution in [0.4, 0.5) is 5.69 Å². The maximum absolute atomic E-state index is 12.3. The molecule has 108 valence electrons. The average Bonchev–Trinajstić information content (AvgIpc) is 2.87. The lowest BCUT2D eigenvalue weighted by Gasteiger charge is -2.24. The van der Waals surface area contributed by atoms with Gasteiger partial charge in [-0.05, 0) is 43.4 Å². The van der Waals surface area contributed by atoms with Gasteiger partial charge >= 0.3 is 0 Å². The third-order valence-corrected chi connectivity index (χ3v) is 5.11. The molecule has 3 unspecified atom stereocenters. The Labute approximate surface area is 129 Å². The highest BCUT2D eigenvalue weighted by Gasteiger charge is 2.38. The molecule has 0 aromatic heterocycles. The van der Waals surface area contributed by atoms with Crippen LogP contribution in [0.15, 0.2) is 18.2 Å². The van der Waals surface area contributed by atoms with Crippen LogP contribution in [0.2, 0.25) is 10.0 Å². The molecular weight excluding hydrogens is 295 g/mol. The van der Waals surface area contributed by atoms with Gasteiger partial charge in [0.15, 0.2) is 0 Å². The smallest absolute Gasteiger partial charge is 0.241 e. The summed E-state index contributed by atoms with van der Waals surface area (Å²) in [6, 6.07) is 5.59. The third-order valence-electron chi connectivity index (χ3n) is 4.37. The largest absolute Gasteiger partial charge is 0.325 e. The van der Waals surface area contributed by atoms with Crippen molar-refractivity contribution in [1.82, 2.24) is 5.32 Å². The van der Waals surface area contributed by atoms with Gasteiger partial charge in [-0.2, -0.15) is 0 Å². The molecule has 20 heavy (non-hydrogen) atoms. The second kappa shape index (κ2) is 5.92. The van der Waals surface area contributed by atoms with Gasteiger partial charge in [0.05, 0.1) is 16.1 Å². The lowest BCUT2D eigenvalue weighted by atomic mass is 9.85. The summed E-state index contributed by atoms with van der Waals surface area (Å²) in [7, 11) is 0. The molecule has 2 aliphatic rings. The first-order chi connectivity index (χ1) is 9.63. The minimum atomic E-state index is -0.0856. The van der Waals surface area contributed by atoms with Crippen molar-refractivity contribution < 1.29 is 4.79 Å². The number of halogens is 2. The van der Waals surface area contributed by atoms with E-state index in [2.05, 4.69) is 10.6 Å². The zero-order chi connectivity index (χ0) is 14.1. The van der Waals surface area contributed by atoms with E-state index in [1.807, 2.05) is 0 Å². The number of amides is 1. The van der Waals surface area contributed by atoms with Gasteiger partial charge in [0.25, 0.3) is 0 Å². The summed E-state index contributed by atoms with van der Waals surface area (Å²) in [5, 5.41) is 7.34. The molecule has 1 aliphatic carbocycles. The quantitative estimate of drug-likeness (QED) is 0.870. The van der Waals surface area contributed by atoms with Crippen molar-refractivity contribution in [2.75, 3.05) is 5.32 Å². The van der Waals surface area contributed by atoms with E-state index >= 15 is 0 Å². The molecular formula is C15H18Cl2N2O. The molecule has 2 fully saturated rings. The predicted octanol–water partition coefficient (Wildman–Crippen LogP) is 3.85. The number of nitrogens with one attached hydrogen (secondary N) is 2. The van der Waals surface area contributed by atoms with E-state index in [1.165, 1.54) is 25.7 Å². The third kappa shape index (κ3) is 2.95. The number of benzene rings is 1.